The Labute approximate surface area is 153 Å². The van der Waals surface area contributed by atoms with E-state index in [1.807, 2.05) is 55.5 Å². The summed E-state index contributed by atoms with van der Waals surface area (Å²) in [4.78, 5) is 28.3. The van der Waals surface area contributed by atoms with E-state index in [4.69, 9.17) is 4.74 Å². The van der Waals surface area contributed by atoms with Crippen molar-refractivity contribution in [3.05, 3.63) is 71.1 Å². The van der Waals surface area contributed by atoms with Crippen LogP contribution >= 0.6 is 0 Å². The zero-order valence-electron chi connectivity index (χ0n) is 15.0. The van der Waals surface area contributed by atoms with Gasteiger partial charge >= 0.3 is 5.97 Å². The predicted molar refractivity (Wildman–Crippen MR) is 100 cm³/mol. The Morgan fingerprint density at radius 2 is 1.92 bits per heavy atom. The average molecular weight is 349 g/mol. The number of rotatable bonds is 5. The van der Waals surface area contributed by atoms with E-state index in [1.54, 1.807) is 6.20 Å². The standard InChI is InChI=1S/C22H23NO3/c1-16(22(25)26-15-20-7-4-5-13-23-20)18-11-9-17(10-12-18)14-19-6-2-3-8-21(19)24/h4-5,7,9-14,16H,2-3,6,8,15H2,1H3. The van der Waals surface area contributed by atoms with Gasteiger partial charge < -0.3 is 4.74 Å². The smallest absolute Gasteiger partial charge is 0.313 e. The van der Waals surface area contributed by atoms with E-state index >= 15 is 0 Å². The molecule has 1 aliphatic rings. The van der Waals surface area contributed by atoms with Crippen molar-refractivity contribution in [2.75, 3.05) is 0 Å². The first-order chi connectivity index (χ1) is 12.6. The van der Waals surface area contributed by atoms with Crippen molar-refractivity contribution in [3.8, 4) is 0 Å². The van der Waals surface area contributed by atoms with Gasteiger partial charge in [0.1, 0.15) is 6.61 Å². The fourth-order valence-electron chi connectivity index (χ4n) is 3.03. The second kappa shape index (κ2) is 8.56. The van der Waals surface area contributed by atoms with Crippen molar-refractivity contribution in [3.63, 3.8) is 0 Å². The van der Waals surface area contributed by atoms with Gasteiger partial charge in [0, 0.05) is 12.6 Å². The molecule has 1 aliphatic carbocycles. The molecule has 4 heteroatoms. The molecule has 4 nitrogen and oxygen atoms in total. The highest BCUT2D eigenvalue weighted by Crippen LogP contribution is 2.23. The van der Waals surface area contributed by atoms with E-state index in [0.717, 1.165) is 41.7 Å². The number of ketones is 1. The van der Waals surface area contributed by atoms with Crippen molar-refractivity contribution in [1.82, 2.24) is 4.98 Å². The highest BCUT2D eigenvalue weighted by atomic mass is 16.5. The molecular weight excluding hydrogens is 326 g/mol. The normalized spacial score (nSPS) is 17.1. The molecule has 0 N–H and O–H groups in total. The van der Waals surface area contributed by atoms with Crippen molar-refractivity contribution in [2.45, 2.75) is 45.1 Å². The minimum absolute atomic E-state index is 0.177. The molecule has 3 rings (SSSR count). The molecule has 1 aromatic carbocycles. The fraction of sp³-hybridized carbons (Fsp3) is 0.318. The lowest BCUT2D eigenvalue weighted by molar-refractivity contribution is -0.146. The van der Waals surface area contributed by atoms with Crippen molar-refractivity contribution in [1.29, 1.82) is 0 Å². The van der Waals surface area contributed by atoms with Gasteiger partial charge in [-0.1, -0.05) is 30.3 Å². The van der Waals surface area contributed by atoms with Gasteiger partial charge in [0.05, 0.1) is 11.6 Å². The molecule has 0 amide bonds. The Morgan fingerprint density at radius 3 is 2.62 bits per heavy atom. The summed E-state index contributed by atoms with van der Waals surface area (Å²) in [5, 5.41) is 0. The fourth-order valence-corrected chi connectivity index (χ4v) is 3.03. The van der Waals surface area contributed by atoms with Crippen molar-refractivity contribution < 1.29 is 14.3 Å². The number of nitrogens with zero attached hydrogens (tertiary/aromatic N) is 1. The monoisotopic (exact) mass is 349 g/mol. The number of carbonyl (C=O) groups is 2. The first-order valence-electron chi connectivity index (χ1n) is 9.04. The van der Waals surface area contributed by atoms with E-state index in [-0.39, 0.29) is 24.3 Å². The molecule has 1 atom stereocenters. The van der Waals surface area contributed by atoms with Crippen LogP contribution in [0.4, 0.5) is 0 Å². The summed E-state index contributed by atoms with van der Waals surface area (Å²) >= 11 is 0. The first-order valence-corrected chi connectivity index (χ1v) is 9.04. The van der Waals surface area contributed by atoms with Crippen LogP contribution in [-0.4, -0.2) is 16.7 Å². The number of esters is 1. The Hall–Kier alpha value is -2.75. The Kier molecular flexibility index (Phi) is 5.95. The summed E-state index contributed by atoms with van der Waals surface area (Å²) in [6.45, 7) is 2.01. The molecule has 26 heavy (non-hydrogen) atoms. The molecule has 134 valence electrons. The van der Waals surface area contributed by atoms with Crippen LogP contribution in [0, 0.1) is 0 Å². The molecule has 0 aliphatic heterocycles. The van der Waals surface area contributed by atoms with E-state index in [9.17, 15) is 9.59 Å². The highest BCUT2D eigenvalue weighted by Gasteiger charge is 2.18. The number of benzene rings is 1. The van der Waals surface area contributed by atoms with Crippen LogP contribution in [0.1, 0.15) is 55.3 Å². The van der Waals surface area contributed by atoms with E-state index in [1.165, 1.54) is 0 Å². The van der Waals surface area contributed by atoms with Crippen LogP contribution in [0.25, 0.3) is 6.08 Å². The topological polar surface area (TPSA) is 56.3 Å². The van der Waals surface area contributed by atoms with Gasteiger partial charge in [-0.15, -0.1) is 0 Å². The molecular formula is C22H23NO3. The summed E-state index contributed by atoms with van der Waals surface area (Å²) in [5.74, 6) is -0.368. The van der Waals surface area contributed by atoms with Gasteiger partial charge in [-0.05, 0) is 61.1 Å². The number of pyridine rings is 1. The number of aromatic nitrogens is 1. The maximum absolute atomic E-state index is 12.3. The summed E-state index contributed by atoms with van der Waals surface area (Å²) in [6, 6.07) is 13.3. The minimum atomic E-state index is -0.350. The Morgan fingerprint density at radius 1 is 1.15 bits per heavy atom. The van der Waals surface area contributed by atoms with Crippen LogP contribution in [-0.2, 0) is 20.9 Å². The van der Waals surface area contributed by atoms with Crippen molar-refractivity contribution >= 4 is 17.8 Å². The summed E-state index contributed by atoms with van der Waals surface area (Å²) in [6.07, 6.45) is 7.23. The second-order valence-electron chi connectivity index (χ2n) is 6.62. The molecule has 0 bridgehead atoms. The third-order valence-corrected chi connectivity index (χ3v) is 4.68. The van der Waals surface area contributed by atoms with Crippen LogP contribution < -0.4 is 0 Å². The largest absolute Gasteiger partial charge is 0.459 e. The van der Waals surface area contributed by atoms with E-state index < -0.39 is 0 Å². The summed E-state index contributed by atoms with van der Waals surface area (Å²) in [5.41, 5.74) is 3.53. The average Bonchev–Trinajstić information content (AvgIpc) is 2.69. The molecule has 1 saturated carbocycles. The highest BCUT2D eigenvalue weighted by molar-refractivity contribution is 6.00. The van der Waals surface area contributed by atoms with Crippen LogP contribution in [0.15, 0.2) is 54.2 Å². The van der Waals surface area contributed by atoms with Crippen LogP contribution in [0.3, 0.4) is 0 Å². The SMILES string of the molecule is CC(C(=O)OCc1ccccn1)c1ccc(C=C2CCCCC2=O)cc1. The maximum Gasteiger partial charge on any atom is 0.313 e. The third kappa shape index (κ3) is 4.66. The second-order valence-corrected chi connectivity index (χ2v) is 6.62. The number of Topliss-reactive ketones (excluding diaryl/α,β-unsaturated/α-hetero) is 1. The summed E-state index contributed by atoms with van der Waals surface area (Å²) < 4.78 is 5.35. The maximum atomic E-state index is 12.3. The molecule has 0 radical (unpaired) electrons. The molecule has 1 heterocycles. The first kappa shape index (κ1) is 18.1. The quantitative estimate of drug-likeness (QED) is 0.591. The predicted octanol–water partition coefficient (Wildman–Crippen LogP) is 4.46. The van der Waals surface area contributed by atoms with Gasteiger partial charge in [-0.2, -0.15) is 0 Å². The molecule has 1 unspecified atom stereocenters. The number of carbonyl (C=O) groups excluding carboxylic acids is 2. The van der Waals surface area contributed by atoms with E-state index in [2.05, 4.69) is 4.98 Å². The van der Waals surface area contributed by atoms with Crippen LogP contribution in [0.2, 0.25) is 0 Å². The lowest BCUT2D eigenvalue weighted by Crippen LogP contribution is -2.13. The lowest BCUT2D eigenvalue weighted by Gasteiger charge is -2.13. The van der Waals surface area contributed by atoms with Crippen LogP contribution in [0.5, 0.6) is 0 Å². The Balaban J connectivity index is 1.61. The zero-order chi connectivity index (χ0) is 18.4. The molecule has 2 aromatic rings. The van der Waals surface area contributed by atoms with Crippen molar-refractivity contribution in [2.24, 2.45) is 0 Å². The molecule has 0 spiro atoms. The van der Waals surface area contributed by atoms with Gasteiger partial charge in [0.25, 0.3) is 0 Å². The zero-order valence-corrected chi connectivity index (χ0v) is 15.0. The molecule has 0 saturated heterocycles. The summed E-state index contributed by atoms with van der Waals surface area (Å²) in [7, 11) is 0. The Bertz CT molecular complexity index is 794. The third-order valence-electron chi connectivity index (χ3n) is 4.68. The van der Waals surface area contributed by atoms with Gasteiger partial charge in [0.15, 0.2) is 5.78 Å². The molecule has 1 fully saturated rings. The van der Waals surface area contributed by atoms with E-state index in [0.29, 0.717) is 6.42 Å². The molecule has 1 aromatic heterocycles. The number of hydrogen-bond acceptors (Lipinski definition) is 4. The van der Waals surface area contributed by atoms with Gasteiger partial charge in [-0.3, -0.25) is 14.6 Å². The number of allylic oxidation sites excluding steroid dienone is 1. The number of hydrogen-bond donors (Lipinski definition) is 0. The lowest BCUT2D eigenvalue weighted by atomic mass is 9.91. The van der Waals surface area contributed by atoms with Gasteiger partial charge in [0.2, 0.25) is 0 Å². The van der Waals surface area contributed by atoms with Gasteiger partial charge in [-0.25, -0.2) is 0 Å². The number of ether oxygens (including phenoxy) is 1. The minimum Gasteiger partial charge on any atom is -0.459 e.